The third-order valence-corrected chi connectivity index (χ3v) is 8.08. The number of rotatable bonds is 13. The third kappa shape index (κ3) is 27.3. The molecule has 1 aromatic carbocycles. The number of halogens is 2. The molecule has 43 heavy (non-hydrogen) atoms. The Kier molecular flexibility index (Phi) is 33.2. The fraction of sp³-hybridized carbons (Fsp3) is 0.667. The van der Waals surface area contributed by atoms with Gasteiger partial charge in [-0.3, -0.25) is 0 Å². The second-order valence-electron chi connectivity index (χ2n) is 10.6. The number of carbonyl (C=O) groups is 1. The predicted octanol–water partition coefficient (Wildman–Crippen LogP) is 12.1. The number of aromatic nitrogens is 1. The van der Waals surface area contributed by atoms with Crippen LogP contribution >= 0.6 is 23.2 Å². The van der Waals surface area contributed by atoms with E-state index in [9.17, 15) is 4.79 Å². The van der Waals surface area contributed by atoms with Crippen LogP contribution in [0.25, 0.3) is 0 Å². The van der Waals surface area contributed by atoms with Gasteiger partial charge in [-0.05, 0) is 48.1 Å². The number of carboxylic acids is 1. The average molecular weight is 644 g/mol. The monoisotopic (exact) mass is 642 g/mol. The minimum atomic E-state index is -1.05. The SMILES string of the molecule is CCC(CC)CC.CCC(CC)CC.CCC(CC)CC.CN(C)c1ccccn1.O=C(O)COc1ccc(Cl)cc1Cl. The lowest BCUT2D eigenvalue weighted by molar-refractivity contribution is -0.139. The Labute approximate surface area is 275 Å². The van der Waals surface area contributed by atoms with E-state index in [1.165, 1.54) is 69.9 Å². The van der Waals surface area contributed by atoms with Crippen LogP contribution in [0.15, 0.2) is 42.6 Å². The van der Waals surface area contributed by atoms with E-state index in [1.807, 2.05) is 37.2 Å². The van der Waals surface area contributed by atoms with Crippen molar-refractivity contribution in [1.82, 2.24) is 4.98 Å². The molecule has 1 aromatic heterocycles. The Balaban J connectivity index is -0.000000479. The van der Waals surface area contributed by atoms with Crippen molar-refractivity contribution < 1.29 is 14.6 Å². The van der Waals surface area contributed by atoms with Gasteiger partial charge in [0.05, 0.1) is 5.02 Å². The molecule has 0 saturated carbocycles. The molecule has 5 nitrogen and oxygen atoms in total. The van der Waals surface area contributed by atoms with Crippen molar-refractivity contribution in [2.75, 3.05) is 25.6 Å². The number of pyridine rings is 1. The molecule has 0 saturated heterocycles. The second-order valence-corrected chi connectivity index (χ2v) is 11.5. The second kappa shape index (κ2) is 31.4. The zero-order valence-corrected chi connectivity index (χ0v) is 30.8. The van der Waals surface area contributed by atoms with Crippen LogP contribution in [-0.4, -0.2) is 36.8 Å². The first-order valence-corrected chi connectivity index (χ1v) is 17.1. The van der Waals surface area contributed by atoms with E-state index < -0.39 is 12.6 Å². The van der Waals surface area contributed by atoms with Crippen LogP contribution < -0.4 is 9.64 Å². The Bertz CT molecular complexity index is 825. The van der Waals surface area contributed by atoms with Crippen LogP contribution in [0.3, 0.4) is 0 Å². The van der Waals surface area contributed by atoms with Crippen molar-refractivity contribution >= 4 is 35.0 Å². The smallest absolute Gasteiger partial charge is 0.341 e. The molecule has 0 aliphatic carbocycles. The first kappa shape index (κ1) is 45.4. The van der Waals surface area contributed by atoms with Crippen LogP contribution in [-0.2, 0) is 4.79 Å². The Morgan fingerprint density at radius 2 is 1.16 bits per heavy atom. The lowest BCUT2D eigenvalue weighted by Crippen LogP contribution is -2.09. The highest BCUT2D eigenvalue weighted by Crippen LogP contribution is 2.27. The summed E-state index contributed by atoms with van der Waals surface area (Å²) in [5.74, 6) is 3.22. The number of hydrogen-bond acceptors (Lipinski definition) is 4. The molecule has 2 aromatic rings. The van der Waals surface area contributed by atoms with E-state index in [2.05, 4.69) is 67.3 Å². The molecule has 2 rings (SSSR count). The fourth-order valence-electron chi connectivity index (χ4n) is 3.95. The van der Waals surface area contributed by atoms with E-state index in [-0.39, 0.29) is 0 Å². The van der Waals surface area contributed by atoms with Crippen LogP contribution in [0.2, 0.25) is 10.0 Å². The standard InChI is InChI=1S/C8H6Cl2O3.C7H10N2.3C7H16/c9-5-1-2-7(6(10)3-5)13-4-8(11)12;1-9(2)7-5-3-4-6-8-7;3*1-4-7(5-2)6-3/h1-3H,4H2,(H,11,12);3-6H,1-2H3;3*7H,4-6H2,1-3H3. The Morgan fingerprint density at radius 3 is 1.40 bits per heavy atom. The molecule has 0 atom stereocenters. The maximum atomic E-state index is 10.2. The Hall–Kier alpha value is -1.98. The molecule has 7 heteroatoms. The van der Waals surface area contributed by atoms with Crippen molar-refractivity contribution in [2.24, 2.45) is 17.8 Å². The number of hydrogen-bond donors (Lipinski definition) is 1. The highest BCUT2D eigenvalue weighted by Gasteiger charge is 2.04. The molecule has 0 amide bonds. The summed E-state index contributed by atoms with van der Waals surface area (Å²) in [5.41, 5.74) is 0. The van der Waals surface area contributed by atoms with E-state index in [4.69, 9.17) is 33.0 Å². The zero-order valence-electron chi connectivity index (χ0n) is 29.3. The van der Waals surface area contributed by atoms with Crippen molar-refractivity contribution in [1.29, 1.82) is 0 Å². The van der Waals surface area contributed by atoms with E-state index in [1.54, 1.807) is 12.3 Å². The summed E-state index contributed by atoms with van der Waals surface area (Å²) in [5, 5.41) is 9.11. The molecule has 0 aliphatic rings. The summed E-state index contributed by atoms with van der Waals surface area (Å²) < 4.78 is 4.86. The van der Waals surface area contributed by atoms with Gasteiger partial charge < -0.3 is 14.7 Å². The van der Waals surface area contributed by atoms with Gasteiger partial charge in [-0.25, -0.2) is 9.78 Å². The molecule has 0 aliphatic heterocycles. The van der Waals surface area contributed by atoms with Crippen LogP contribution in [0, 0.1) is 17.8 Å². The first-order chi connectivity index (χ1) is 20.4. The highest BCUT2D eigenvalue weighted by atomic mass is 35.5. The van der Waals surface area contributed by atoms with E-state index in [0.717, 1.165) is 23.6 Å². The highest BCUT2D eigenvalue weighted by molar-refractivity contribution is 6.35. The molecule has 1 N–H and O–H groups in total. The first-order valence-electron chi connectivity index (χ1n) is 16.3. The Morgan fingerprint density at radius 1 is 0.744 bits per heavy atom. The maximum absolute atomic E-state index is 10.2. The van der Waals surface area contributed by atoms with Gasteiger partial charge in [-0.2, -0.15) is 0 Å². The predicted molar refractivity (Wildman–Crippen MR) is 191 cm³/mol. The topological polar surface area (TPSA) is 62.7 Å². The zero-order chi connectivity index (χ0) is 33.6. The normalized spacial score (nSPS) is 9.86. The minimum Gasteiger partial charge on any atom is -0.480 e. The van der Waals surface area contributed by atoms with Crippen molar-refractivity contribution in [3.05, 3.63) is 52.6 Å². The molecular weight excluding hydrogens is 579 g/mol. The largest absolute Gasteiger partial charge is 0.480 e. The minimum absolute atomic E-state index is 0.300. The number of carboxylic acid groups (broad SMARTS) is 1. The van der Waals surface area contributed by atoms with Gasteiger partial charge in [0.25, 0.3) is 0 Å². The molecule has 0 fully saturated rings. The summed E-state index contributed by atoms with van der Waals surface area (Å²) in [4.78, 5) is 16.2. The molecule has 0 radical (unpaired) electrons. The maximum Gasteiger partial charge on any atom is 0.341 e. The van der Waals surface area contributed by atoms with E-state index >= 15 is 0 Å². The molecule has 0 spiro atoms. The van der Waals surface area contributed by atoms with Crippen LogP contribution in [0.5, 0.6) is 5.75 Å². The summed E-state index contributed by atoms with van der Waals surface area (Å²) in [6, 6.07) is 10.4. The molecule has 1 heterocycles. The number of ether oxygens (including phenoxy) is 1. The summed E-state index contributed by atoms with van der Waals surface area (Å²) in [6.45, 7) is 19.9. The van der Waals surface area contributed by atoms with Crippen LogP contribution in [0.1, 0.15) is 120 Å². The number of aliphatic carboxylic acids is 1. The van der Waals surface area contributed by atoms with E-state index in [0.29, 0.717) is 15.8 Å². The number of benzene rings is 1. The quantitative estimate of drug-likeness (QED) is 0.235. The molecular formula is C36H64Cl2N2O3. The molecule has 250 valence electrons. The fourth-order valence-corrected chi connectivity index (χ4v) is 4.41. The summed E-state index contributed by atoms with van der Waals surface area (Å²) >= 11 is 11.3. The van der Waals surface area contributed by atoms with Gasteiger partial charge in [0.2, 0.25) is 0 Å². The molecule has 0 unspecified atom stereocenters. The lowest BCUT2D eigenvalue weighted by atomic mass is 10.0. The van der Waals surface area contributed by atoms with Gasteiger partial charge in [-0.15, -0.1) is 0 Å². The number of anilines is 1. The third-order valence-electron chi connectivity index (χ3n) is 7.55. The lowest BCUT2D eigenvalue weighted by Gasteiger charge is -2.08. The summed E-state index contributed by atoms with van der Waals surface area (Å²) in [7, 11) is 3.95. The van der Waals surface area contributed by atoms with Gasteiger partial charge in [0.1, 0.15) is 11.6 Å². The summed E-state index contributed by atoms with van der Waals surface area (Å²) in [6.07, 6.45) is 14.0. The van der Waals surface area contributed by atoms with Crippen molar-refractivity contribution in [3.63, 3.8) is 0 Å². The van der Waals surface area contributed by atoms with Gasteiger partial charge >= 0.3 is 5.97 Å². The number of nitrogens with zero attached hydrogens (tertiary/aromatic N) is 2. The average Bonchev–Trinajstić information content (AvgIpc) is 3.01. The van der Waals surface area contributed by atoms with Crippen LogP contribution in [0.4, 0.5) is 5.82 Å². The van der Waals surface area contributed by atoms with Gasteiger partial charge in [-0.1, -0.05) is 149 Å². The van der Waals surface area contributed by atoms with Gasteiger partial charge in [0, 0.05) is 25.3 Å². The van der Waals surface area contributed by atoms with Crippen molar-refractivity contribution in [2.45, 2.75) is 120 Å². The molecule has 0 bridgehead atoms. The van der Waals surface area contributed by atoms with Gasteiger partial charge in [0.15, 0.2) is 6.61 Å². The van der Waals surface area contributed by atoms with Crippen molar-refractivity contribution in [3.8, 4) is 5.75 Å².